The number of fused-ring (bicyclic) bond motifs is 1. The second-order valence-electron chi connectivity index (χ2n) is 5.29. The van der Waals surface area contributed by atoms with Gasteiger partial charge in [-0.3, -0.25) is 9.59 Å². The first-order chi connectivity index (χ1) is 10.2. The normalized spacial score (nSPS) is 17.9. The zero-order chi connectivity index (χ0) is 14.7. The van der Waals surface area contributed by atoms with E-state index in [1.807, 2.05) is 17.0 Å². The lowest BCUT2D eigenvalue weighted by Crippen LogP contribution is -2.47. The third-order valence-electron chi connectivity index (χ3n) is 3.80. The Hall–Kier alpha value is -2.08. The van der Waals surface area contributed by atoms with Gasteiger partial charge in [0, 0.05) is 38.3 Å². The monoisotopic (exact) mass is 289 g/mol. The molecule has 0 saturated carbocycles. The summed E-state index contributed by atoms with van der Waals surface area (Å²) in [5, 5.41) is 6.04. The van der Waals surface area contributed by atoms with E-state index in [-0.39, 0.29) is 18.4 Å². The molecular formula is C15H19N3O3. The number of hydrogen-bond donors (Lipinski definition) is 2. The fraction of sp³-hybridized carbons (Fsp3) is 0.467. The summed E-state index contributed by atoms with van der Waals surface area (Å²) in [6.45, 7) is 3.20. The summed E-state index contributed by atoms with van der Waals surface area (Å²) in [4.78, 5) is 25.1. The summed E-state index contributed by atoms with van der Waals surface area (Å²) in [5.41, 5.74) is 1.90. The molecule has 0 aliphatic carbocycles. The lowest BCUT2D eigenvalue weighted by molar-refractivity contribution is -0.133. The largest absolute Gasteiger partial charge is 0.484 e. The highest BCUT2D eigenvalue weighted by Crippen LogP contribution is 2.26. The van der Waals surface area contributed by atoms with Crippen LogP contribution in [0, 0.1) is 0 Å². The first kappa shape index (κ1) is 13.9. The Labute approximate surface area is 123 Å². The summed E-state index contributed by atoms with van der Waals surface area (Å²) in [6.07, 6.45) is 1.21. The van der Waals surface area contributed by atoms with Crippen molar-refractivity contribution in [1.29, 1.82) is 0 Å². The Morgan fingerprint density at radius 3 is 2.86 bits per heavy atom. The average molecular weight is 289 g/mol. The molecule has 2 amide bonds. The highest BCUT2D eigenvalue weighted by atomic mass is 16.5. The predicted octanol–water partition coefficient (Wildman–Crippen LogP) is 0.382. The first-order valence-electron chi connectivity index (χ1n) is 7.26. The quantitative estimate of drug-likeness (QED) is 0.844. The fourth-order valence-electron chi connectivity index (χ4n) is 2.60. The molecule has 2 aliphatic heterocycles. The van der Waals surface area contributed by atoms with Crippen LogP contribution in [0.5, 0.6) is 5.75 Å². The minimum absolute atomic E-state index is 0.0162. The van der Waals surface area contributed by atoms with Crippen molar-refractivity contribution in [3.8, 4) is 5.75 Å². The van der Waals surface area contributed by atoms with E-state index >= 15 is 0 Å². The van der Waals surface area contributed by atoms with Crippen LogP contribution < -0.4 is 15.4 Å². The number of nitrogens with zero attached hydrogens (tertiary/aromatic N) is 1. The Morgan fingerprint density at radius 1 is 1.24 bits per heavy atom. The molecule has 1 fully saturated rings. The Kier molecular flexibility index (Phi) is 4.06. The van der Waals surface area contributed by atoms with Crippen molar-refractivity contribution in [2.45, 2.75) is 12.8 Å². The standard InChI is InChI=1S/C15H19N3O3/c19-14-4-1-11-9-12(2-3-13(11)17-14)21-10-15(20)18-7-5-16-6-8-18/h2-3,9,16H,1,4-8,10H2,(H,17,19). The maximum atomic E-state index is 12.0. The molecule has 0 atom stereocenters. The van der Waals surface area contributed by atoms with E-state index in [1.165, 1.54) is 0 Å². The number of piperazine rings is 1. The van der Waals surface area contributed by atoms with Crippen molar-refractivity contribution >= 4 is 17.5 Å². The second kappa shape index (κ2) is 6.13. The number of benzene rings is 1. The van der Waals surface area contributed by atoms with E-state index in [4.69, 9.17) is 4.74 Å². The zero-order valence-corrected chi connectivity index (χ0v) is 11.9. The van der Waals surface area contributed by atoms with Crippen molar-refractivity contribution in [2.24, 2.45) is 0 Å². The SMILES string of the molecule is O=C1CCc2cc(OCC(=O)N3CCNCC3)ccc2N1. The van der Waals surface area contributed by atoms with Crippen LogP contribution in [0.1, 0.15) is 12.0 Å². The molecule has 0 spiro atoms. The molecule has 0 radical (unpaired) electrons. The van der Waals surface area contributed by atoms with Crippen LogP contribution in [0.25, 0.3) is 0 Å². The molecule has 2 N–H and O–H groups in total. The van der Waals surface area contributed by atoms with E-state index in [0.29, 0.717) is 18.6 Å². The Balaban J connectivity index is 1.58. The lowest BCUT2D eigenvalue weighted by Gasteiger charge is -2.27. The number of amides is 2. The molecule has 2 aliphatic rings. The molecule has 3 rings (SSSR count). The van der Waals surface area contributed by atoms with Gasteiger partial charge in [0.2, 0.25) is 5.91 Å². The number of hydrogen-bond acceptors (Lipinski definition) is 4. The first-order valence-corrected chi connectivity index (χ1v) is 7.26. The molecule has 2 heterocycles. The van der Waals surface area contributed by atoms with Gasteiger partial charge in [-0.15, -0.1) is 0 Å². The number of carbonyl (C=O) groups excluding carboxylic acids is 2. The van der Waals surface area contributed by atoms with Crippen LogP contribution in [0.3, 0.4) is 0 Å². The summed E-state index contributed by atoms with van der Waals surface area (Å²) >= 11 is 0. The van der Waals surface area contributed by atoms with Gasteiger partial charge in [-0.25, -0.2) is 0 Å². The molecule has 0 unspecified atom stereocenters. The molecule has 0 bridgehead atoms. The maximum Gasteiger partial charge on any atom is 0.260 e. The van der Waals surface area contributed by atoms with Gasteiger partial charge >= 0.3 is 0 Å². The van der Waals surface area contributed by atoms with E-state index in [1.54, 1.807) is 6.07 Å². The third-order valence-corrected chi connectivity index (χ3v) is 3.80. The van der Waals surface area contributed by atoms with Gasteiger partial charge in [-0.05, 0) is 30.2 Å². The van der Waals surface area contributed by atoms with Crippen LogP contribution in [0.4, 0.5) is 5.69 Å². The molecule has 6 nitrogen and oxygen atoms in total. The van der Waals surface area contributed by atoms with Gasteiger partial charge in [0.1, 0.15) is 5.75 Å². The Bertz CT molecular complexity index is 553. The van der Waals surface area contributed by atoms with Crippen molar-refractivity contribution < 1.29 is 14.3 Å². The van der Waals surface area contributed by atoms with Gasteiger partial charge in [0.15, 0.2) is 6.61 Å². The average Bonchev–Trinajstić information content (AvgIpc) is 2.53. The van der Waals surface area contributed by atoms with E-state index in [0.717, 1.165) is 37.4 Å². The number of carbonyl (C=O) groups is 2. The molecule has 1 saturated heterocycles. The van der Waals surface area contributed by atoms with Gasteiger partial charge in [-0.2, -0.15) is 0 Å². The molecule has 21 heavy (non-hydrogen) atoms. The second-order valence-corrected chi connectivity index (χ2v) is 5.29. The van der Waals surface area contributed by atoms with Crippen molar-refractivity contribution in [2.75, 3.05) is 38.1 Å². The molecule has 1 aromatic rings. The van der Waals surface area contributed by atoms with Gasteiger partial charge in [0.25, 0.3) is 5.91 Å². The van der Waals surface area contributed by atoms with Crippen molar-refractivity contribution in [3.05, 3.63) is 23.8 Å². The summed E-state index contributed by atoms with van der Waals surface area (Å²) in [5.74, 6) is 0.737. The van der Waals surface area contributed by atoms with E-state index in [9.17, 15) is 9.59 Å². The number of rotatable bonds is 3. The third kappa shape index (κ3) is 3.33. The van der Waals surface area contributed by atoms with Crippen molar-refractivity contribution in [3.63, 3.8) is 0 Å². The van der Waals surface area contributed by atoms with Crippen LogP contribution in [0.15, 0.2) is 18.2 Å². The highest BCUT2D eigenvalue weighted by Gasteiger charge is 2.18. The van der Waals surface area contributed by atoms with Crippen LogP contribution in [-0.4, -0.2) is 49.5 Å². The van der Waals surface area contributed by atoms with Crippen molar-refractivity contribution in [1.82, 2.24) is 10.2 Å². The predicted molar refractivity (Wildman–Crippen MR) is 78.3 cm³/mol. The number of aryl methyl sites for hydroxylation is 1. The van der Waals surface area contributed by atoms with Gasteiger partial charge in [0.05, 0.1) is 0 Å². The highest BCUT2D eigenvalue weighted by molar-refractivity contribution is 5.94. The zero-order valence-electron chi connectivity index (χ0n) is 11.9. The molecule has 112 valence electrons. The summed E-state index contributed by atoms with van der Waals surface area (Å²) in [7, 11) is 0. The topological polar surface area (TPSA) is 70.7 Å². The lowest BCUT2D eigenvalue weighted by atomic mass is 10.0. The smallest absolute Gasteiger partial charge is 0.260 e. The van der Waals surface area contributed by atoms with Crippen LogP contribution in [-0.2, 0) is 16.0 Å². The fourth-order valence-corrected chi connectivity index (χ4v) is 2.60. The molecule has 0 aromatic heterocycles. The Morgan fingerprint density at radius 2 is 2.05 bits per heavy atom. The maximum absolute atomic E-state index is 12.0. The van der Waals surface area contributed by atoms with Gasteiger partial charge < -0.3 is 20.3 Å². The summed E-state index contributed by atoms with van der Waals surface area (Å²) in [6, 6.07) is 5.52. The van der Waals surface area contributed by atoms with Crippen LogP contribution in [0.2, 0.25) is 0 Å². The molecular weight excluding hydrogens is 270 g/mol. The van der Waals surface area contributed by atoms with E-state index in [2.05, 4.69) is 10.6 Å². The molecule has 6 heteroatoms. The number of ether oxygens (including phenoxy) is 1. The van der Waals surface area contributed by atoms with Gasteiger partial charge in [-0.1, -0.05) is 0 Å². The van der Waals surface area contributed by atoms with Crippen LogP contribution >= 0.6 is 0 Å². The van der Waals surface area contributed by atoms with E-state index < -0.39 is 0 Å². The number of anilines is 1. The minimum Gasteiger partial charge on any atom is -0.484 e. The summed E-state index contributed by atoms with van der Waals surface area (Å²) < 4.78 is 5.59. The minimum atomic E-state index is 0.0162. The molecule has 1 aromatic carbocycles. The number of nitrogens with one attached hydrogen (secondary N) is 2.